The molecule has 4 N–H and O–H groups in total. The second-order valence-electron chi connectivity index (χ2n) is 5.49. The molecule has 2 amide bonds. The number of phenols is 1. The summed E-state index contributed by atoms with van der Waals surface area (Å²) in [6.07, 6.45) is -0.503. The third-order valence-electron chi connectivity index (χ3n) is 4.01. The summed E-state index contributed by atoms with van der Waals surface area (Å²) in [5, 5.41) is 11.9. The lowest BCUT2D eigenvalue weighted by molar-refractivity contribution is -0.134. The Bertz CT molecular complexity index is 613. The first kappa shape index (κ1) is 16.0. The minimum Gasteiger partial charge on any atom is -0.508 e. The summed E-state index contributed by atoms with van der Waals surface area (Å²) < 4.78 is 5.23. The van der Waals surface area contributed by atoms with Crippen molar-refractivity contribution in [3.8, 4) is 5.75 Å². The summed E-state index contributed by atoms with van der Waals surface area (Å²) >= 11 is 0. The molecular weight excluding hydrogens is 288 g/mol. The van der Waals surface area contributed by atoms with Crippen molar-refractivity contribution in [3.05, 3.63) is 29.8 Å². The predicted molar refractivity (Wildman–Crippen MR) is 77.0 cm³/mol. The summed E-state index contributed by atoms with van der Waals surface area (Å²) in [5.74, 6) is -3.02. The molecule has 3 unspecified atom stereocenters. The number of rotatable bonds is 4. The van der Waals surface area contributed by atoms with E-state index < -0.39 is 29.4 Å². The van der Waals surface area contributed by atoms with Gasteiger partial charge in [-0.25, -0.2) is 0 Å². The molecule has 1 heterocycles. The first-order valence-corrected chi connectivity index (χ1v) is 6.81. The molecule has 1 saturated heterocycles. The molecule has 0 aliphatic carbocycles. The van der Waals surface area contributed by atoms with Gasteiger partial charge < -0.3 is 20.9 Å². The lowest BCUT2D eigenvalue weighted by Gasteiger charge is -2.28. The molecule has 0 saturated carbocycles. The number of nitrogens with two attached hydrogens (primary N) is 1. The highest BCUT2D eigenvalue weighted by molar-refractivity contribution is 6.07. The van der Waals surface area contributed by atoms with E-state index in [9.17, 15) is 19.5 Å². The van der Waals surface area contributed by atoms with Crippen LogP contribution in [0.2, 0.25) is 0 Å². The number of ether oxygens (including phenoxy) is 1. The van der Waals surface area contributed by atoms with Gasteiger partial charge in [0.2, 0.25) is 11.8 Å². The monoisotopic (exact) mass is 306 g/mol. The van der Waals surface area contributed by atoms with Crippen molar-refractivity contribution in [3.63, 3.8) is 0 Å². The van der Waals surface area contributed by atoms with E-state index in [0.717, 1.165) is 0 Å². The molecule has 0 radical (unpaired) electrons. The van der Waals surface area contributed by atoms with Gasteiger partial charge in [-0.15, -0.1) is 0 Å². The largest absolute Gasteiger partial charge is 0.508 e. The molecule has 22 heavy (non-hydrogen) atoms. The molecule has 0 spiro atoms. The first-order chi connectivity index (χ1) is 10.3. The Hall–Kier alpha value is -2.41. The number of benzene rings is 1. The van der Waals surface area contributed by atoms with Crippen LogP contribution in [0.1, 0.15) is 25.3 Å². The summed E-state index contributed by atoms with van der Waals surface area (Å²) in [5.41, 5.74) is 4.46. The number of primary amides is 1. The topological polar surface area (TPSA) is 119 Å². The molecule has 1 aliphatic heterocycles. The Balaban J connectivity index is 2.26. The fourth-order valence-electron chi connectivity index (χ4n) is 2.36. The predicted octanol–water partition coefficient (Wildman–Crippen LogP) is -0.176. The van der Waals surface area contributed by atoms with Gasteiger partial charge in [-0.3, -0.25) is 14.4 Å². The number of amides is 2. The fourth-order valence-corrected chi connectivity index (χ4v) is 2.36. The fraction of sp³-hybridized carbons (Fsp3) is 0.400. The van der Waals surface area contributed by atoms with Gasteiger partial charge in [0.05, 0.1) is 6.10 Å². The highest BCUT2D eigenvalue weighted by Gasteiger charge is 2.47. The van der Waals surface area contributed by atoms with Gasteiger partial charge in [0, 0.05) is 0 Å². The van der Waals surface area contributed by atoms with Crippen LogP contribution in [0, 0.1) is 0 Å². The van der Waals surface area contributed by atoms with Crippen LogP contribution in [0.15, 0.2) is 24.3 Å². The van der Waals surface area contributed by atoms with Crippen LogP contribution in [0.5, 0.6) is 5.75 Å². The summed E-state index contributed by atoms with van der Waals surface area (Å²) in [7, 11) is 0. The summed E-state index contributed by atoms with van der Waals surface area (Å²) in [6.45, 7) is 3.14. The van der Waals surface area contributed by atoms with E-state index in [4.69, 9.17) is 10.5 Å². The summed E-state index contributed by atoms with van der Waals surface area (Å²) in [6, 6.07) is 5.57. The number of ketones is 1. The minimum atomic E-state index is -1.25. The Kier molecular flexibility index (Phi) is 4.18. The molecule has 7 nitrogen and oxygen atoms in total. The SMILES string of the molecule is CC1OCC(=O)C1(C)NC(=O)C(C(N)=O)c1ccc(O)cc1. The second-order valence-corrected chi connectivity index (χ2v) is 5.49. The molecule has 7 heteroatoms. The van der Waals surface area contributed by atoms with E-state index in [0.29, 0.717) is 5.56 Å². The molecule has 1 aliphatic rings. The molecule has 118 valence electrons. The normalized spacial score (nSPS) is 25.7. The van der Waals surface area contributed by atoms with E-state index in [-0.39, 0.29) is 18.1 Å². The Morgan fingerprint density at radius 2 is 2.00 bits per heavy atom. The zero-order valence-electron chi connectivity index (χ0n) is 12.3. The number of carbonyl (C=O) groups excluding carboxylic acids is 3. The van der Waals surface area contributed by atoms with Crippen molar-refractivity contribution in [2.75, 3.05) is 6.61 Å². The van der Waals surface area contributed by atoms with Crippen molar-refractivity contribution in [1.29, 1.82) is 0 Å². The lowest BCUT2D eigenvalue weighted by Crippen LogP contribution is -2.57. The van der Waals surface area contributed by atoms with Crippen molar-refractivity contribution >= 4 is 17.6 Å². The summed E-state index contributed by atoms with van der Waals surface area (Å²) in [4.78, 5) is 36.0. The minimum absolute atomic E-state index is 0.00679. The van der Waals surface area contributed by atoms with Crippen LogP contribution < -0.4 is 11.1 Å². The molecule has 2 rings (SSSR count). The molecule has 0 bridgehead atoms. The van der Waals surface area contributed by atoms with Crippen LogP contribution in [-0.4, -0.2) is 41.0 Å². The molecule has 1 aromatic carbocycles. The number of nitrogens with one attached hydrogen (secondary N) is 1. The number of Topliss-reactive ketones (excluding diaryl/α,β-unsaturated/α-hetero) is 1. The van der Waals surface area contributed by atoms with Crippen LogP contribution in [0.4, 0.5) is 0 Å². The van der Waals surface area contributed by atoms with Crippen LogP contribution >= 0.6 is 0 Å². The van der Waals surface area contributed by atoms with Gasteiger partial charge in [0.15, 0.2) is 5.78 Å². The van der Waals surface area contributed by atoms with Crippen molar-refractivity contribution < 1.29 is 24.2 Å². The maximum atomic E-state index is 12.4. The third-order valence-corrected chi connectivity index (χ3v) is 4.01. The highest BCUT2D eigenvalue weighted by Crippen LogP contribution is 2.25. The smallest absolute Gasteiger partial charge is 0.237 e. The quantitative estimate of drug-likeness (QED) is 0.667. The maximum absolute atomic E-state index is 12.4. The Morgan fingerprint density at radius 1 is 1.41 bits per heavy atom. The number of aromatic hydroxyl groups is 1. The van der Waals surface area contributed by atoms with E-state index in [1.807, 2.05) is 0 Å². The Labute approximate surface area is 127 Å². The van der Waals surface area contributed by atoms with Crippen LogP contribution in [0.3, 0.4) is 0 Å². The standard InChI is InChI=1S/C15H18N2O5/c1-8-15(2,11(19)7-22-8)17-14(21)12(13(16)20)9-3-5-10(18)6-4-9/h3-6,8,12,18H,7H2,1-2H3,(H2,16,20)(H,17,21). The lowest BCUT2D eigenvalue weighted by atomic mass is 9.90. The number of hydrogen-bond acceptors (Lipinski definition) is 5. The van der Waals surface area contributed by atoms with Gasteiger partial charge in [-0.2, -0.15) is 0 Å². The van der Waals surface area contributed by atoms with Gasteiger partial charge >= 0.3 is 0 Å². The van der Waals surface area contributed by atoms with Crippen molar-refractivity contribution in [2.45, 2.75) is 31.4 Å². The number of phenolic OH excluding ortho intramolecular Hbond substituents is 1. The van der Waals surface area contributed by atoms with Crippen LogP contribution in [-0.2, 0) is 19.1 Å². The molecule has 3 atom stereocenters. The van der Waals surface area contributed by atoms with Gasteiger partial charge in [0.25, 0.3) is 0 Å². The van der Waals surface area contributed by atoms with Crippen molar-refractivity contribution in [2.24, 2.45) is 5.73 Å². The highest BCUT2D eigenvalue weighted by atomic mass is 16.5. The third kappa shape index (κ3) is 2.80. The molecular formula is C15H18N2O5. The van der Waals surface area contributed by atoms with E-state index in [1.165, 1.54) is 24.3 Å². The first-order valence-electron chi connectivity index (χ1n) is 6.81. The zero-order chi connectivity index (χ0) is 16.5. The number of hydrogen-bond donors (Lipinski definition) is 3. The second kappa shape index (κ2) is 5.76. The van der Waals surface area contributed by atoms with E-state index in [2.05, 4.69) is 5.32 Å². The number of carbonyl (C=O) groups is 3. The zero-order valence-corrected chi connectivity index (χ0v) is 12.3. The van der Waals surface area contributed by atoms with Gasteiger partial charge in [-0.05, 0) is 31.5 Å². The average molecular weight is 306 g/mol. The average Bonchev–Trinajstić information content (AvgIpc) is 2.68. The maximum Gasteiger partial charge on any atom is 0.237 e. The van der Waals surface area contributed by atoms with Gasteiger partial charge in [-0.1, -0.05) is 12.1 Å². The van der Waals surface area contributed by atoms with E-state index in [1.54, 1.807) is 13.8 Å². The molecule has 0 aromatic heterocycles. The Morgan fingerprint density at radius 3 is 2.45 bits per heavy atom. The van der Waals surface area contributed by atoms with Gasteiger partial charge in [0.1, 0.15) is 23.8 Å². The van der Waals surface area contributed by atoms with Crippen LogP contribution in [0.25, 0.3) is 0 Å². The molecule has 1 fully saturated rings. The van der Waals surface area contributed by atoms with Crippen molar-refractivity contribution in [1.82, 2.24) is 5.32 Å². The molecule has 1 aromatic rings. The van der Waals surface area contributed by atoms with E-state index >= 15 is 0 Å².